The van der Waals surface area contributed by atoms with Crippen molar-refractivity contribution in [2.75, 3.05) is 5.32 Å². The Morgan fingerprint density at radius 3 is 2.09 bits per heavy atom. The van der Waals surface area contributed by atoms with E-state index in [1.165, 1.54) is 114 Å². The van der Waals surface area contributed by atoms with Crippen LogP contribution in [-0.2, 0) is 0 Å². The van der Waals surface area contributed by atoms with E-state index in [1.807, 2.05) is 11.3 Å². The fourth-order valence-corrected chi connectivity index (χ4v) is 10.6. The van der Waals surface area contributed by atoms with Crippen molar-refractivity contribution in [1.29, 1.82) is 0 Å². The summed E-state index contributed by atoms with van der Waals surface area (Å²) in [7, 11) is 2.46. The van der Waals surface area contributed by atoms with Crippen molar-refractivity contribution in [3.05, 3.63) is 187 Å². The molecule has 1 radical (unpaired) electrons. The van der Waals surface area contributed by atoms with E-state index >= 15 is 0 Å². The molecule has 0 saturated carbocycles. The van der Waals surface area contributed by atoms with Gasteiger partial charge in [-0.3, -0.25) is 0 Å². The van der Waals surface area contributed by atoms with Crippen molar-refractivity contribution in [3.8, 4) is 39.1 Å². The topological polar surface area (TPSA) is 17.0 Å². The summed E-state index contributed by atoms with van der Waals surface area (Å²) in [4.78, 5) is 0. The maximum Gasteiger partial charge on any atom is 0.197 e. The first-order valence-electron chi connectivity index (χ1n) is 20.0. The van der Waals surface area contributed by atoms with Crippen LogP contribution in [0, 0.1) is 13.8 Å². The quantitative estimate of drug-likeness (QED) is 0.173. The standard InChI is InChI=1S/C54H36BN2S/c1-32-20-24-36(25-21-32)56-47-31-50-43(40-18-10-11-19-49(40)58-50)29-42(47)45-30-44(39-17-9-8-15-37(39)34-12-4-3-5-13-34)51-41-26-23-35-14-6-7-16-38(35)53(41)57-48-27-22-33(2)28-46(48)55-52(45)54(51)57/h3-31,56H,1-2H3. The number of aryl methyl sites for hydroxylation is 2. The van der Waals surface area contributed by atoms with Gasteiger partial charge < -0.3 is 9.88 Å². The van der Waals surface area contributed by atoms with Gasteiger partial charge in [-0.1, -0.05) is 150 Å². The fourth-order valence-electron chi connectivity index (χ4n) is 9.45. The third kappa shape index (κ3) is 5.05. The largest absolute Gasteiger partial charge is 0.355 e. The summed E-state index contributed by atoms with van der Waals surface area (Å²) < 4.78 is 5.16. The Kier molecular flexibility index (Phi) is 7.36. The molecule has 1 aliphatic rings. The lowest BCUT2D eigenvalue weighted by molar-refractivity contribution is 1.19. The first kappa shape index (κ1) is 33.3. The Morgan fingerprint density at radius 1 is 0.483 bits per heavy atom. The van der Waals surface area contributed by atoms with Crippen LogP contribution in [0.5, 0.6) is 0 Å². The molecule has 0 bridgehead atoms. The van der Waals surface area contributed by atoms with E-state index in [9.17, 15) is 0 Å². The molecule has 1 aliphatic heterocycles. The van der Waals surface area contributed by atoms with Crippen LogP contribution < -0.4 is 16.2 Å². The minimum atomic E-state index is 1.07. The number of hydrogen-bond acceptors (Lipinski definition) is 2. The number of thiophene rings is 1. The van der Waals surface area contributed by atoms with Gasteiger partial charge in [0.15, 0.2) is 7.28 Å². The molecular weight excluding hydrogens is 719 g/mol. The summed E-state index contributed by atoms with van der Waals surface area (Å²) in [5, 5.41) is 11.5. The van der Waals surface area contributed by atoms with Crippen LogP contribution in [0.25, 0.3) is 91.8 Å². The number of anilines is 2. The Bertz CT molecular complexity index is 3470. The highest BCUT2D eigenvalue weighted by atomic mass is 32.1. The van der Waals surface area contributed by atoms with Crippen LogP contribution in [0.2, 0.25) is 0 Å². The van der Waals surface area contributed by atoms with Crippen molar-refractivity contribution in [3.63, 3.8) is 0 Å². The Morgan fingerprint density at radius 2 is 1.22 bits per heavy atom. The number of hydrogen-bond donors (Lipinski definition) is 1. The van der Waals surface area contributed by atoms with E-state index in [0.29, 0.717) is 0 Å². The van der Waals surface area contributed by atoms with Crippen LogP contribution in [0.4, 0.5) is 11.4 Å². The van der Waals surface area contributed by atoms with E-state index in [4.69, 9.17) is 0 Å². The second-order valence-electron chi connectivity index (χ2n) is 15.7. The average Bonchev–Trinajstić information content (AvgIpc) is 3.81. The zero-order chi connectivity index (χ0) is 38.5. The summed E-state index contributed by atoms with van der Waals surface area (Å²) in [5.74, 6) is 0. The molecule has 0 atom stereocenters. The lowest BCUT2D eigenvalue weighted by atomic mass is 9.58. The number of aromatic nitrogens is 1. The molecule has 2 aromatic heterocycles. The molecule has 0 spiro atoms. The number of nitrogens with zero attached hydrogens (tertiary/aromatic N) is 1. The Balaban J connectivity index is 1.28. The highest BCUT2D eigenvalue weighted by Gasteiger charge is 2.30. The van der Waals surface area contributed by atoms with Crippen molar-refractivity contribution in [2.45, 2.75) is 13.8 Å². The highest BCUT2D eigenvalue weighted by Crippen LogP contribution is 2.48. The molecule has 0 saturated heterocycles. The molecule has 0 fully saturated rings. The van der Waals surface area contributed by atoms with E-state index in [-0.39, 0.29) is 0 Å². The van der Waals surface area contributed by atoms with Crippen molar-refractivity contribution in [1.82, 2.24) is 4.57 Å². The number of nitrogens with one attached hydrogen (secondary N) is 1. The van der Waals surface area contributed by atoms with Gasteiger partial charge >= 0.3 is 0 Å². The molecule has 1 N–H and O–H groups in total. The molecule has 0 aliphatic carbocycles. The summed E-state index contributed by atoms with van der Waals surface area (Å²) >= 11 is 1.86. The van der Waals surface area contributed by atoms with Gasteiger partial charge in [0.05, 0.1) is 5.52 Å². The molecule has 58 heavy (non-hydrogen) atoms. The molecule has 9 aromatic carbocycles. The number of fused-ring (bicyclic) bond motifs is 10. The Hall–Kier alpha value is -6.88. The number of rotatable bonds is 5. The third-order valence-corrected chi connectivity index (χ3v) is 13.3. The monoisotopic (exact) mass is 755 g/mol. The maximum absolute atomic E-state index is 3.93. The normalized spacial score (nSPS) is 12.1. The van der Waals surface area contributed by atoms with Crippen LogP contribution in [0.1, 0.15) is 11.1 Å². The van der Waals surface area contributed by atoms with Gasteiger partial charge in [-0.15, -0.1) is 11.3 Å². The molecule has 11 aromatic rings. The molecule has 12 rings (SSSR count). The minimum Gasteiger partial charge on any atom is -0.355 e. The van der Waals surface area contributed by atoms with E-state index in [2.05, 4.69) is 207 Å². The lowest BCUT2D eigenvalue weighted by Gasteiger charge is -2.26. The highest BCUT2D eigenvalue weighted by molar-refractivity contribution is 7.25. The summed E-state index contributed by atoms with van der Waals surface area (Å²) in [6, 6.07) is 65.2. The second kappa shape index (κ2) is 12.8. The SMILES string of the molecule is Cc1ccc(Nc2cc3sc4ccccc4c3cc2-c2cc(-c3ccccc3-c3ccccc3)c3c4ccc5ccccc5c4n4c3c2[B]c2cc(C)ccc2-4)cc1. The maximum atomic E-state index is 3.93. The molecule has 4 heteroatoms. The van der Waals surface area contributed by atoms with E-state index in [1.54, 1.807) is 0 Å². The van der Waals surface area contributed by atoms with Gasteiger partial charge in [0.1, 0.15) is 0 Å². The van der Waals surface area contributed by atoms with Crippen LogP contribution in [0.3, 0.4) is 0 Å². The molecular formula is C54H36BN2S. The first-order chi connectivity index (χ1) is 28.6. The molecule has 2 nitrogen and oxygen atoms in total. The van der Waals surface area contributed by atoms with Crippen LogP contribution >= 0.6 is 11.3 Å². The fraction of sp³-hybridized carbons (Fsp3) is 0.0370. The number of benzene rings is 9. The van der Waals surface area contributed by atoms with Gasteiger partial charge in [-0.25, -0.2) is 0 Å². The lowest BCUT2D eigenvalue weighted by Crippen LogP contribution is -2.37. The van der Waals surface area contributed by atoms with E-state index < -0.39 is 0 Å². The van der Waals surface area contributed by atoms with Gasteiger partial charge in [0, 0.05) is 64.5 Å². The molecule has 271 valence electrons. The first-order valence-corrected chi connectivity index (χ1v) is 20.8. The summed E-state index contributed by atoms with van der Waals surface area (Å²) in [5.41, 5.74) is 18.1. The summed E-state index contributed by atoms with van der Waals surface area (Å²) in [6.45, 7) is 4.34. The molecule has 0 unspecified atom stereocenters. The minimum absolute atomic E-state index is 1.07. The average molecular weight is 756 g/mol. The predicted molar refractivity (Wildman–Crippen MR) is 252 cm³/mol. The molecule has 3 heterocycles. The summed E-state index contributed by atoms with van der Waals surface area (Å²) in [6.07, 6.45) is 0. The van der Waals surface area contributed by atoms with Crippen molar-refractivity contribution >= 4 is 93.7 Å². The smallest absolute Gasteiger partial charge is 0.197 e. The third-order valence-electron chi connectivity index (χ3n) is 12.1. The predicted octanol–water partition coefficient (Wildman–Crippen LogP) is 13.6. The zero-order valence-electron chi connectivity index (χ0n) is 32.2. The van der Waals surface area contributed by atoms with Crippen molar-refractivity contribution < 1.29 is 0 Å². The zero-order valence-corrected chi connectivity index (χ0v) is 33.0. The van der Waals surface area contributed by atoms with Gasteiger partial charge in [0.2, 0.25) is 0 Å². The molecule has 0 amide bonds. The second-order valence-corrected chi connectivity index (χ2v) is 16.8. The van der Waals surface area contributed by atoms with Gasteiger partial charge in [-0.05, 0) is 95.0 Å². The van der Waals surface area contributed by atoms with Crippen LogP contribution in [0.15, 0.2) is 176 Å². The Labute approximate surface area is 341 Å². The van der Waals surface area contributed by atoms with Crippen LogP contribution in [-0.4, -0.2) is 11.8 Å². The van der Waals surface area contributed by atoms with Crippen molar-refractivity contribution in [2.24, 2.45) is 0 Å². The van der Waals surface area contributed by atoms with Gasteiger partial charge in [0.25, 0.3) is 0 Å². The van der Waals surface area contributed by atoms with E-state index in [0.717, 1.165) is 11.4 Å². The van der Waals surface area contributed by atoms with Gasteiger partial charge in [-0.2, -0.15) is 0 Å².